The number of carbonyl (C=O) groups excluding carboxylic acids is 1. The molecule has 1 aromatic rings. The van der Waals surface area contributed by atoms with E-state index in [1.165, 1.54) is 6.07 Å². The zero-order valence-corrected chi connectivity index (χ0v) is 14.5. The van der Waals surface area contributed by atoms with E-state index in [9.17, 15) is 9.18 Å². The number of halogens is 1. The molecule has 3 aliphatic rings. The van der Waals surface area contributed by atoms with Gasteiger partial charge in [-0.1, -0.05) is 12.1 Å². The Balaban J connectivity index is 1.51. The molecule has 0 spiro atoms. The molecule has 2 atom stereocenters. The van der Waals surface area contributed by atoms with Gasteiger partial charge in [0.2, 0.25) is 5.91 Å². The summed E-state index contributed by atoms with van der Waals surface area (Å²) in [5.41, 5.74) is 0.949. The van der Waals surface area contributed by atoms with Gasteiger partial charge in [0.15, 0.2) is 0 Å². The summed E-state index contributed by atoms with van der Waals surface area (Å²) in [6, 6.07) is 7.07. The second-order valence-corrected chi connectivity index (χ2v) is 7.19. The first-order chi connectivity index (χ1) is 12.2. The standard InChI is InChI=1S/C19H26FN3O2/c20-15-3-1-2-14(12-15)18-13-21-7-9-23(18)17-4-8-22(19(17)24)16-5-10-25-11-6-16/h1-3,12,16-18,21H,4-11,13H2. The molecular weight excluding hydrogens is 321 g/mol. The lowest BCUT2D eigenvalue weighted by Gasteiger charge is -2.40. The monoisotopic (exact) mass is 347 g/mol. The SMILES string of the molecule is O=C1C(N2CCNCC2c2cccc(F)c2)CCN1C1CCOCC1. The smallest absolute Gasteiger partial charge is 0.240 e. The molecular formula is C19H26FN3O2. The molecule has 0 aromatic heterocycles. The van der Waals surface area contributed by atoms with Crippen molar-refractivity contribution < 1.29 is 13.9 Å². The third-order valence-corrected chi connectivity index (χ3v) is 5.76. The Morgan fingerprint density at radius 2 is 1.96 bits per heavy atom. The van der Waals surface area contributed by atoms with Crippen LogP contribution in [0.5, 0.6) is 0 Å². The van der Waals surface area contributed by atoms with Gasteiger partial charge in [0.25, 0.3) is 0 Å². The normalized spacial score (nSPS) is 29.3. The van der Waals surface area contributed by atoms with Crippen LogP contribution in [0.2, 0.25) is 0 Å². The molecule has 1 amide bonds. The number of rotatable bonds is 3. The molecule has 6 heteroatoms. The third-order valence-electron chi connectivity index (χ3n) is 5.76. The second kappa shape index (κ2) is 7.40. The number of ether oxygens (including phenoxy) is 1. The summed E-state index contributed by atoms with van der Waals surface area (Å²) < 4.78 is 19.1. The lowest BCUT2D eigenvalue weighted by molar-refractivity contribution is -0.136. The number of piperazine rings is 1. The number of likely N-dealkylation sites (tertiary alicyclic amines) is 1. The molecule has 0 radical (unpaired) electrons. The highest BCUT2D eigenvalue weighted by atomic mass is 19.1. The number of carbonyl (C=O) groups is 1. The summed E-state index contributed by atoms with van der Waals surface area (Å²) in [6.07, 6.45) is 2.74. The van der Waals surface area contributed by atoms with Gasteiger partial charge in [-0.15, -0.1) is 0 Å². The van der Waals surface area contributed by atoms with E-state index in [1.54, 1.807) is 12.1 Å². The van der Waals surface area contributed by atoms with E-state index in [1.807, 2.05) is 6.07 Å². The van der Waals surface area contributed by atoms with Crippen LogP contribution in [0.25, 0.3) is 0 Å². The minimum absolute atomic E-state index is 0.0491. The maximum absolute atomic E-state index is 13.7. The van der Waals surface area contributed by atoms with Crippen LogP contribution in [-0.2, 0) is 9.53 Å². The Bertz CT molecular complexity index is 620. The second-order valence-electron chi connectivity index (χ2n) is 7.19. The molecule has 1 aromatic carbocycles. The molecule has 1 N–H and O–H groups in total. The van der Waals surface area contributed by atoms with Gasteiger partial charge in [0, 0.05) is 51.5 Å². The Hall–Kier alpha value is -1.50. The van der Waals surface area contributed by atoms with Crippen LogP contribution >= 0.6 is 0 Å². The molecule has 136 valence electrons. The molecule has 3 heterocycles. The Morgan fingerprint density at radius 1 is 1.12 bits per heavy atom. The van der Waals surface area contributed by atoms with Crippen molar-refractivity contribution in [1.82, 2.24) is 15.1 Å². The summed E-state index contributed by atoms with van der Waals surface area (Å²) in [4.78, 5) is 17.4. The largest absolute Gasteiger partial charge is 0.381 e. The minimum atomic E-state index is -0.218. The van der Waals surface area contributed by atoms with Crippen LogP contribution < -0.4 is 5.32 Å². The van der Waals surface area contributed by atoms with E-state index in [2.05, 4.69) is 15.1 Å². The van der Waals surface area contributed by atoms with E-state index in [0.717, 1.165) is 64.2 Å². The van der Waals surface area contributed by atoms with Gasteiger partial charge >= 0.3 is 0 Å². The summed E-state index contributed by atoms with van der Waals surface area (Å²) in [7, 11) is 0. The van der Waals surface area contributed by atoms with Crippen LogP contribution in [0, 0.1) is 5.82 Å². The summed E-state index contributed by atoms with van der Waals surface area (Å²) in [5.74, 6) is 0.0276. The van der Waals surface area contributed by atoms with Crippen LogP contribution in [0.15, 0.2) is 24.3 Å². The summed E-state index contributed by atoms with van der Waals surface area (Å²) in [6.45, 7) is 4.77. The van der Waals surface area contributed by atoms with Crippen LogP contribution in [0.3, 0.4) is 0 Å². The molecule has 2 unspecified atom stereocenters. The fraction of sp³-hybridized carbons (Fsp3) is 0.632. The van der Waals surface area contributed by atoms with Gasteiger partial charge < -0.3 is 15.0 Å². The Kier molecular flexibility index (Phi) is 5.01. The van der Waals surface area contributed by atoms with Gasteiger partial charge in [-0.25, -0.2) is 4.39 Å². The predicted octanol–water partition coefficient (Wildman–Crippen LogP) is 1.55. The van der Waals surface area contributed by atoms with Crippen molar-refractivity contribution in [2.75, 3.05) is 39.4 Å². The summed E-state index contributed by atoms with van der Waals surface area (Å²) >= 11 is 0. The van der Waals surface area contributed by atoms with Crippen molar-refractivity contribution in [2.45, 2.75) is 37.4 Å². The van der Waals surface area contributed by atoms with E-state index >= 15 is 0 Å². The quantitative estimate of drug-likeness (QED) is 0.901. The van der Waals surface area contributed by atoms with Gasteiger partial charge in [-0.2, -0.15) is 0 Å². The topological polar surface area (TPSA) is 44.8 Å². The van der Waals surface area contributed by atoms with Gasteiger partial charge in [0.1, 0.15) is 5.82 Å². The van der Waals surface area contributed by atoms with Gasteiger partial charge in [0.05, 0.1) is 6.04 Å². The number of benzene rings is 1. The average molecular weight is 347 g/mol. The number of nitrogens with zero attached hydrogens (tertiary/aromatic N) is 2. The van der Waals surface area contributed by atoms with Gasteiger partial charge in [-0.3, -0.25) is 9.69 Å². The van der Waals surface area contributed by atoms with Crippen molar-refractivity contribution >= 4 is 5.91 Å². The average Bonchev–Trinajstić information content (AvgIpc) is 3.04. The minimum Gasteiger partial charge on any atom is -0.381 e. The van der Waals surface area contributed by atoms with Crippen LogP contribution in [0.1, 0.15) is 30.9 Å². The van der Waals surface area contributed by atoms with Crippen molar-refractivity contribution in [3.63, 3.8) is 0 Å². The molecule has 5 nitrogen and oxygen atoms in total. The lowest BCUT2D eigenvalue weighted by Crippen LogP contribution is -2.53. The molecule has 0 bridgehead atoms. The first kappa shape index (κ1) is 16.9. The zero-order valence-electron chi connectivity index (χ0n) is 14.5. The van der Waals surface area contributed by atoms with Crippen molar-refractivity contribution in [1.29, 1.82) is 0 Å². The van der Waals surface area contributed by atoms with Gasteiger partial charge in [-0.05, 0) is 37.0 Å². The van der Waals surface area contributed by atoms with E-state index in [4.69, 9.17) is 4.74 Å². The first-order valence-corrected chi connectivity index (χ1v) is 9.34. The third kappa shape index (κ3) is 3.43. The molecule has 3 saturated heterocycles. The van der Waals surface area contributed by atoms with Crippen molar-refractivity contribution in [3.8, 4) is 0 Å². The Morgan fingerprint density at radius 3 is 2.76 bits per heavy atom. The Labute approximate surface area is 148 Å². The highest BCUT2D eigenvalue weighted by Crippen LogP contribution is 2.31. The number of nitrogens with one attached hydrogen (secondary N) is 1. The van der Waals surface area contributed by atoms with E-state index in [-0.39, 0.29) is 23.8 Å². The molecule has 0 aliphatic carbocycles. The van der Waals surface area contributed by atoms with Crippen molar-refractivity contribution in [3.05, 3.63) is 35.6 Å². The molecule has 3 aliphatic heterocycles. The first-order valence-electron chi connectivity index (χ1n) is 9.34. The fourth-order valence-corrected chi connectivity index (χ4v) is 4.47. The number of hydrogen-bond acceptors (Lipinski definition) is 4. The van der Waals surface area contributed by atoms with E-state index < -0.39 is 0 Å². The molecule has 4 rings (SSSR count). The molecule has 25 heavy (non-hydrogen) atoms. The van der Waals surface area contributed by atoms with E-state index in [0.29, 0.717) is 6.04 Å². The number of amides is 1. The number of hydrogen-bond donors (Lipinski definition) is 1. The predicted molar refractivity (Wildman–Crippen MR) is 92.7 cm³/mol. The maximum Gasteiger partial charge on any atom is 0.240 e. The highest BCUT2D eigenvalue weighted by Gasteiger charge is 2.42. The maximum atomic E-state index is 13.7. The molecule has 0 saturated carbocycles. The fourth-order valence-electron chi connectivity index (χ4n) is 4.47. The highest BCUT2D eigenvalue weighted by molar-refractivity contribution is 5.84. The lowest BCUT2D eigenvalue weighted by atomic mass is 10.00. The summed E-state index contributed by atoms with van der Waals surface area (Å²) in [5, 5.41) is 3.39. The van der Waals surface area contributed by atoms with Crippen LogP contribution in [0.4, 0.5) is 4.39 Å². The molecule has 3 fully saturated rings. The zero-order chi connectivity index (χ0) is 17.2. The van der Waals surface area contributed by atoms with Crippen molar-refractivity contribution in [2.24, 2.45) is 0 Å². The van der Waals surface area contributed by atoms with Crippen LogP contribution in [-0.4, -0.2) is 67.2 Å².